The number of imidazole rings is 2. The smallest absolute Gasteiger partial charge is 0.313 e. The highest BCUT2D eigenvalue weighted by Crippen LogP contribution is 2.24. The van der Waals surface area contributed by atoms with E-state index in [-0.39, 0.29) is 6.54 Å². The number of rotatable bonds is 4. The standard InChI is InChI=1S/C18H16Cl3N5O2/c1-10-8-25-14-15(22-17(25)24(10)7-6-19)23(2)18(28)26(16(14)27)9-11-12(20)4-3-5-13(11)21/h3-5,8H,6-7,9H2,1-2H3. The summed E-state index contributed by atoms with van der Waals surface area (Å²) in [5.74, 6) is 0.969. The van der Waals surface area contributed by atoms with Crippen molar-refractivity contribution in [1.29, 1.82) is 0 Å². The molecule has 0 saturated heterocycles. The summed E-state index contributed by atoms with van der Waals surface area (Å²) in [6.45, 7) is 2.43. The molecule has 0 fully saturated rings. The first-order valence-electron chi connectivity index (χ1n) is 8.51. The molecule has 0 aliphatic rings. The Balaban J connectivity index is 2.03. The maximum Gasteiger partial charge on any atom is 0.332 e. The SMILES string of the molecule is Cc1cn2c3c(=O)n(Cc4c(Cl)cccc4Cl)c(=O)n(C)c3nc2n1CCCl. The molecular formula is C18H16Cl3N5O2. The molecule has 10 heteroatoms. The zero-order chi connectivity index (χ0) is 20.2. The quantitative estimate of drug-likeness (QED) is 0.458. The molecular weight excluding hydrogens is 425 g/mol. The molecule has 0 N–H and O–H groups in total. The third-order valence-electron chi connectivity index (χ3n) is 4.83. The molecule has 0 amide bonds. The van der Waals surface area contributed by atoms with Gasteiger partial charge in [0.15, 0.2) is 11.2 Å². The van der Waals surface area contributed by atoms with Crippen LogP contribution in [0.4, 0.5) is 0 Å². The van der Waals surface area contributed by atoms with Crippen LogP contribution in [0.25, 0.3) is 16.9 Å². The van der Waals surface area contributed by atoms with Crippen LogP contribution in [0.2, 0.25) is 10.0 Å². The average molecular weight is 441 g/mol. The first-order valence-corrected chi connectivity index (χ1v) is 9.80. The normalized spacial score (nSPS) is 11.8. The lowest BCUT2D eigenvalue weighted by atomic mass is 10.2. The predicted molar refractivity (Wildman–Crippen MR) is 111 cm³/mol. The summed E-state index contributed by atoms with van der Waals surface area (Å²) in [5.41, 5.74) is 1.12. The van der Waals surface area contributed by atoms with Crippen LogP contribution in [0.5, 0.6) is 0 Å². The molecule has 3 heterocycles. The maximum atomic E-state index is 13.2. The van der Waals surface area contributed by atoms with Crippen molar-refractivity contribution >= 4 is 51.7 Å². The van der Waals surface area contributed by atoms with Gasteiger partial charge in [-0.15, -0.1) is 11.6 Å². The topological polar surface area (TPSA) is 66.2 Å². The number of hydrogen-bond acceptors (Lipinski definition) is 3. The lowest BCUT2D eigenvalue weighted by Gasteiger charge is -2.10. The van der Waals surface area contributed by atoms with Crippen LogP contribution in [0.15, 0.2) is 34.0 Å². The third kappa shape index (κ3) is 2.77. The van der Waals surface area contributed by atoms with E-state index in [1.165, 1.54) is 4.57 Å². The van der Waals surface area contributed by atoms with Gasteiger partial charge in [0.1, 0.15) is 0 Å². The second-order valence-corrected chi connectivity index (χ2v) is 7.69. The summed E-state index contributed by atoms with van der Waals surface area (Å²) in [6.07, 6.45) is 1.82. The average Bonchev–Trinajstić information content (AvgIpc) is 3.15. The number of nitrogens with zero attached hydrogens (tertiary/aromatic N) is 5. The minimum absolute atomic E-state index is 0.0332. The highest BCUT2D eigenvalue weighted by atomic mass is 35.5. The fourth-order valence-corrected chi connectivity index (χ4v) is 4.08. The van der Waals surface area contributed by atoms with Gasteiger partial charge in [-0.05, 0) is 19.1 Å². The van der Waals surface area contributed by atoms with E-state index >= 15 is 0 Å². The molecule has 28 heavy (non-hydrogen) atoms. The summed E-state index contributed by atoms with van der Waals surface area (Å²) in [5, 5.41) is 0.785. The Morgan fingerprint density at radius 3 is 2.43 bits per heavy atom. The van der Waals surface area contributed by atoms with Crippen LogP contribution in [0.3, 0.4) is 0 Å². The van der Waals surface area contributed by atoms with Crippen LogP contribution in [-0.2, 0) is 20.1 Å². The number of fused-ring (bicyclic) bond motifs is 3. The Hall–Kier alpha value is -2.22. The number of alkyl halides is 1. The molecule has 0 unspecified atom stereocenters. The largest absolute Gasteiger partial charge is 0.332 e. The number of benzene rings is 1. The molecule has 3 aromatic heterocycles. The van der Waals surface area contributed by atoms with E-state index in [1.54, 1.807) is 29.6 Å². The maximum absolute atomic E-state index is 13.2. The van der Waals surface area contributed by atoms with Gasteiger partial charge >= 0.3 is 5.69 Å². The van der Waals surface area contributed by atoms with E-state index in [1.807, 2.05) is 17.7 Å². The highest BCUT2D eigenvalue weighted by Gasteiger charge is 2.21. The number of hydrogen-bond donors (Lipinski definition) is 0. The van der Waals surface area contributed by atoms with Gasteiger partial charge in [0.05, 0.1) is 6.54 Å². The fraction of sp³-hybridized carbons (Fsp3) is 0.278. The minimum Gasteiger partial charge on any atom is -0.313 e. The van der Waals surface area contributed by atoms with Gasteiger partial charge in [0, 0.05) is 47.0 Å². The van der Waals surface area contributed by atoms with Crippen LogP contribution in [0.1, 0.15) is 11.3 Å². The van der Waals surface area contributed by atoms with Gasteiger partial charge in [-0.2, -0.15) is 4.98 Å². The third-order valence-corrected chi connectivity index (χ3v) is 5.70. The monoisotopic (exact) mass is 439 g/mol. The summed E-state index contributed by atoms with van der Waals surface area (Å²) in [6, 6.07) is 5.05. The zero-order valence-corrected chi connectivity index (χ0v) is 17.4. The summed E-state index contributed by atoms with van der Waals surface area (Å²) >= 11 is 18.4. The van der Waals surface area contributed by atoms with Crippen molar-refractivity contribution in [3.8, 4) is 0 Å². The lowest BCUT2D eigenvalue weighted by Crippen LogP contribution is -2.39. The Labute approximate surface area is 174 Å². The van der Waals surface area contributed by atoms with E-state index in [0.29, 0.717) is 45.0 Å². The van der Waals surface area contributed by atoms with Crippen molar-refractivity contribution in [2.45, 2.75) is 20.0 Å². The molecule has 0 atom stereocenters. The van der Waals surface area contributed by atoms with E-state index in [2.05, 4.69) is 4.98 Å². The van der Waals surface area contributed by atoms with E-state index < -0.39 is 11.2 Å². The molecule has 4 aromatic rings. The predicted octanol–water partition coefficient (Wildman–Crippen LogP) is 3.05. The Morgan fingerprint density at radius 2 is 1.79 bits per heavy atom. The molecule has 146 valence electrons. The van der Waals surface area contributed by atoms with Crippen LogP contribution in [0, 0.1) is 6.92 Å². The Bertz CT molecular complexity index is 1330. The van der Waals surface area contributed by atoms with Crippen molar-refractivity contribution in [3.05, 3.63) is 66.5 Å². The van der Waals surface area contributed by atoms with E-state index in [0.717, 1.165) is 10.3 Å². The van der Waals surface area contributed by atoms with Gasteiger partial charge in [0.2, 0.25) is 5.78 Å². The van der Waals surface area contributed by atoms with Crippen LogP contribution in [-0.4, -0.2) is 29.0 Å². The summed E-state index contributed by atoms with van der Waals surface area (Å²) < 4.78 is 6.09. The van der Waals surface area contributed by atoms with Crippen molar-refractivity contribution < 1.29 is 0 Å². The molecule has 0 spiro atoms. The van der Waals surface area contributed by atoms with E-state index in [4.69, 9.17) is 34.8 Å². The summed E-state index contributed by atoms with van der Waals surface area (Å²) in [7, 11) is 1.58. The van der Waals surface area contributed by atoms with Gasteiger partial charge in [-0.3, -0.25) is 18.3 Å². The molecule has 0 bridgehead atoms. The van der Waals surface area contributed by atoms with Crippen molar-refractivity contribution in [2.75, 3.05) is 5.88 Å². The molecule has 1 aromatic carbocycles. The second kappa shape index (κ2) is 6.99. The van der Waals surface area contributed by atoms with Crippen molar-refractivity contribution in [1.82, 2.24) is 23.1 Å². The highest BCUT2D eigenvalue weighted by molar-refractivity contribution is 6.35. The number of aromatic nitrogens is 5. The molecule has 0 saturated carbocycles. The zero-order valence-electron chi connectivity index (χ0n) is 15.1. The number of halogens is 3. The minimum atomic E-state index is -0.491. The fourth-order valence-electron chi connectivity index (χ4n) is 3.40. The molecule has 0 aliphatic heterocycles. The van der Waals surface area contributed by atoms with Crippen molar-refractivity contribution in [2.24, 2.45) is 7.05 Å². The first kappa shape index (κ1) is 19.1. The Morgan fingerprint density at radius 1 is 1.11 bits per heavy atom. The lowest BCUT2D eigenvalue weighted by molar-refractivity contribution is 0.656. The Kier molecular flexibility index (Phi) is 4.77. The van der Waals surface area contributed by atoms with Gasteiger partial charge in [-0.1, -0.05) is 29.3 Å². The number of aryl methyl sites for hydroxylation is 3. The first-order chi connectivity index (χ1) is 13.3. The van der Waals surface area contributed by atoms with E-state index in [9.17, 15) is 9.59 Å². The van der Waals surface area contributed by atoms with Crippen LogP contribution < -0.4 is 11.2 Å². The molecule has 0 radical (unpaired) electrons. The van der Waals surface area contributed by atoms with Gasteiger partial charge in [-0.25, -0.2) is 4.79 Å². The molecule has 4 rings (SSSR count). The molecule has 7 nitrogen and oxygen atoms in total. The van der Waals surface area contributed by atoms with Crippen molar-refractivity contribution in [3.63, 3.8) is 0 Å². The summed E-state index contributed by atoms with van der Waals surface area (Å²) in [4.78, 5) is 30.6. The van der Waals surface area contributed by atoms with Crippen LogP contribution >= 0.6 is 34.8 Å². The second-order valence-electron chi connectivity index (χ2n) is 6.50. The van der Waals surface area contributed by atoms with Gasteiger partial charge in [0.25, 0.3) is 5.56 Å². The molecule has 0 aliphatic carbocycles. The van der Waals surface area contributed by atoms with Gasteiger partial charge < -0.3 is 4.57 Å².